The molecule has 0 radical (unpaired) electrons. The Morgan fingerprint density at radius 2 is 2.21 bits per heavy atom. The molecule has 1 aromatic rings. The van der Waals surface area contributed by atoms with E-state index in [1.807, 2.05) is 0 Å². The monoisotopic (exact) mass is 304 g/mol. The number of ether oxygens (including phenoxy) is 1. The van der Waals surface area contributed by atoms with Crippen LogP contribution in [0.25, 0.3) is 5.57 Å². The topological polar surface area (TPSA) is 46.5 Å². The van der Waals surface area contributed by atoms with E-state index in [-0.39, 0.29) is 5.57 Å². The Morgan fingerprint density at radius 3 is 2.64 bits per heavy atom. The molecule has 0 aliphatic rings. The lowest BCUT2D eigenvalue weighted by Crippen LogP contribution is -1.98. The minimum Gasteiger partial charge on any atom is -0.496 e. The van der Waals surface area contributed by atoms with Crippen molar-refractivity contribution in [2.24, 2.45) is 0 Å². The molecule has 0 heterocycles. The normalized spacial score (nSPS) is 9.57. The van der Waals surface area contributed by atoms with Crippen molar-refractivity contribution < 1.29 is 14.6 Å². The molecule has 0 aliphatic heterocycles. The van der Waals surface area contributed by atoms with Gasteiger partial charge < -0.3 is 9.84 Å². The Morgan fingerprint density at radius 1 is 1.57 bits per heavy atom. The van der Waals surface area contributed by atoms with E-state index in [9.17, 15) is 4.79 Å². The minimum atomic E-state index is -1.01. The van der Waals surface area contributed by atoms with Crippen LogP contribution in [0, 0.1) is 3.57 Å². The van der Waals surface area contributed by atoms with Gasteiger partial charge >= 0.3 is 5.97 Å². The van der Waals surface area contributed by atoms with E-state index in [2.05, 4.69) is 29.2 Å². The van der Waals surface area contributed by atoms with Crippen molar-refractivity contribution in [3.8, 4) is 5.75 Å². The Hall–Kier alpha value is -1.04. The van der Waals surface area contributed by atoms with Crippen LogP contribution >= 0.6 is 22.6 Å². The molecule has 0 atom stereocenters. The summed E-state index contributed by atoms with van der Waals surface area (Å²) in [5.74, 6) is -0.279. The van der Waals surface area contributed by atoms with Gasteiger partial charge in [-0.05, 0) is 40.3 Å². The van der Waals surface area contributed by atoms with Gasteiger partial charge in [0, 0.05) is 0 Å². The van der Waals surface area contributed by atoms with E-state index >= 15 is 0 Å². The van der Waals surface area contributed by atoms with E-state index in [4.69, 9.17) is 9.84 Å². The van der Waals surface area contributed by atoms with Crippen molar-refractivity contribution in [1.82, 2.24) is 0 Å². The van der Waals surface area contributed by atoms with Crippen molar-refractivity contribution in [3.05, 3.63) is 33.9 Å². The van der Waals surface area contributed by atoms with Gasteiger partial charge in [0.1, 0.15) is 5.75 Å². The number of methoxy groups -OCH3 is 1. The number of hydrogen-bond acceptors (Lipinski definition) is 2. The summed E-state index contributed by atoms with van der Waals surface area (Å²) in [6.45, 7) is 3.48. The van der Waals surface area contributed by atoms with Gasteiger partial charge in [0.15, 0.2) is 0 Å². The lowest BCUT2D eigenvalue weighted by atomic mass is 10.1. The smallest absolute Gasteiger partial charge is 0.335 e. The van der Waals surface area contributed by atoms with E-state index < -0.39 is 5.97 Å². The fourth-order valence-electron chi connectivity index (χ4n) is 0.978. The third-order valence-electron chi connectivity index (χ3n) is 1.76. The van der Waals surface area contributed by atoms with Gasteiger partial charge in [-0.2, -0.15) is 0 Å². The van der Waals surface area contributed by atoms with Crippen LogP contribution in [0.1, 0.15) is 5.56 Å². The predicted octanol–water partition coefficient (Wildman–Crippen LogP) is 2.40. The van der Waals surface area contributed by atoms with Crippen molar-refractivity contribution >= 4 is 34.1 Å². The zero-order valence-corrected chi connectivity index (χ0v) is 9.74. The maximum atomic E-state index is 10.6. The largest absolute Gasteiger partial charge is 0.496 e. The van der Waals surface area contributed by atoms with Crippen molar-refractivity contribution in [1.29, 1.82) is 0 Å². The highest BCUT2D eigenvalue weighted by atomic mass is 127. The maximum Gasteiger partial charge on any atom is 0.335 e. The van der Waals surface area contributed by atoms with Crippen molar-refractivity contribution in [2.75, 3.05) is 7.11 Å². The highest BCUT2D eigenvalue weighted by Gasteiger charge is 2.09. The molecule has 0 saturated heterocycles. The van der Waals surface area contributed by atoms with E-state index in [1.54, 1.807) is 25.3 Å². The molecule has 0 spiro atoms. The SMILES string of the molecule is C=C(C(=O)O)c1ccc(OC)c(I)c1. The van der Waals surface area contributed by atoms with Crippen LogP contribution in [-0.2, 0) is 4.79 Å². The first-order valence-corrected chi connectivity index (χ1v) is 4.90. The van der Waals surface area contributed by atoms with Gasteiger partial charge in [-0.15, -0.1) is 0 Å². The Labute approximate surface area is 95.5 Å². The van der Waals surface area contributed by atoms with Gasteiger partial charge in [0.2, 0.25) is 0 Å². The number of carboxylic acids is 1. The fourth-order valence-corrected chi connectivity index (χ4v) is 1.71. The van der Waals surface area contributed by atoms with Gasteiger partial charge in [0.05, 0.1) is 16.3 Å². The summed E-state index contributed by atoms with van der Waals surface area (Å²) in [4.78, 5) is 10.6. The number of benzene rings is 1. The number of carbonyl (C=O) groups is 1. The fraction of sp³-hybridized carbons (Fsp3) is 0.100. The van der Waals surface area contributed by atoms with Gasteiger partial charge in [-0.25, -0.2) is 4.79 Å². The van der Waals surface area contributed by atoms with Crippen molar-refractivity contribution in [2.45, 2.75) is 0 Å². The van der Waals surface area contributed by atoms with Crippen LogP contribution in [0.2, 0.25) is 0 Å². The van der Waals surface area contributed by atoms with Crippen LogP contribution in [0.3, 0.4) is 0 Å². The summed E-state index contributed by atoms with van der Waals surface area (Å²) in [6, 6.07) is 5.14. The third kappa shape index (κ3) is 2.25. The molecule has 0 unspecified atom stereocenters. The number of halogens is 1. The molecule has 1 aromatic carbocycles. The molecule has 4 heteroatoms. The molecular weight excluding hydrogens is 295 g/mol. The number of hydrogen-bond donors (Lipinski definition) is 1. The van der Waals surface area contributed by atoms with E-state index in [0.717, 1.165) is 9.32 Å². The second-order valence-corrected chi connectivity index (χ2v) is 3.80. The van der Waals surface area contributed by atoms with Gasteiger partial charge in [-0.1, -0.05) is 12.6 Å². The summed E-state index contributed by atoms with van der Waals surface area (Å²) in [5.41, 5.74) is 0.688. The molecule has 0 aromatic heterocycles. The zero-order chi connectivity index (χ0) is 10.7. The van der Waals surface area contributed by atoms with Crippen LogP contribution < -0.4 is 4.74 Å². The number of rotatable bonds is 3. The lowest BCUT2D eigenvalue weighted by Gasteiger charge is -2.05. The Bertz CT molecular complexity index is 385. The molecule has 74 valence electrons. The predicted molar refractivity (Wildman–Crippen MR) is 62.4 cm³/mol. The molecule has 0 saturated carbocycles. The summed E-state index contributed by atoms with van der Waals surface area (Å²) < 4.78 is 5.92. The average molecular weight is 304 g/mol. The lowest BCUT2D eigenvalue weighted by molar-refractivity contribution is -0.130. The number of aliphatic carboxylic acids is 1. The Balaban J connectivity index is 3.09. The summed E-state index contributed by atoms with van der Waals surface area (Å²) in [7, 11) is 1.57. The molecule has 3 nitrogen and oxygen atoms in total. The second-order valence-electron chi connectivity index (χ2n) is 2.63. The van der Waals surface area contributed by atoms with Gasteiger partial charge in [0.25, 0.3) is 0 Å². The van der Waals surface area contributed by atoms with E-state index in [0.29, 0.717) is 5.56 Å². The first-order chi connectivity index (χ1) is 6.56. The highest BCUT2D eigenvalue weighted by molar-refractivity contribution is 14.1. The highest BCUT2D eigenvalue weighted by Crippen LogP contribution is 2.24. The standard InChI is InChI=1S/C10H9IO3/c1-6(10(12)13)7-3-4-9(14-2)8(11)5-7/h3-5H,1H2,2H3,(H,12,13). The van der Waals surface area contributed by atoms with Crippen LogP contribution in [0.15, 0.2) is 24.8 Å². The van der Waals surface area contributed by atoms with E-state index in [1.165, 1.54) is 0 Å². The van der Waals surface area contributed by atoms with Crippen LogP contribution in [0.5, 0.6) is 5.75 Å². The second kappa shape index (κ2) is 4.45. The van der Waals surface area contributed by atoms with Gasteiger partial charge in [-0.3, -0.25) is 0 Å². The summed E-state index contributed by atoms with van der Waals surface area (Å²) >= 11 is 2.08. The van der Waals surface area contributed by atoms with Crippen LogP contribution in [0.4, 0.5) is 0 Å². The van der Waals surface area contributed by atoms with Crippen molar-refractivity contribution in [3.63, 3.8) is 0 Å². The molecule has 0 fully saturated rings. The molecule has 0 amide bonds. The summed E-state index contributed by atoms with van der Waals surface area (Å²) in [6.07, 6.45) is 0. The average Bonchev–Trinajstić information content (AvgIpc) is 2.16. The molecular formula is C10H9IO3. The molecule has 1 rings (SSSR count). The molecule has 0 bridgehead atoms. The quantitative estimate of drug-likeness (QED) is 0.689. The maximum absolute atomic E-state index is 10.6. The summed E-state index contributed by atoms with van der Waals surface area (Å²) in [5, 5.41) is 8.72. The first kappa shape index (κ1) is 11.0. The number of carboxylic acid groups (broad SMARTS) is 1. The molecule has 1 N–H and O–H groups in total. The zero-order valence-electron chi connectivity index (χ0n) is 7.58. The third-order valence-corrected chi connectivity index (χ3v) is 2.60. The Kier molecular flexibility index (Phi) is 3.51. The first-order valence-electron chi connectivity index (χ1n) is 3.82. The minimum absolute atomic E-state index is 0.0885. The van der Waals surface area contributed by atoms with Crippen LogP contribution in [-0.4, -0.2) is 18.2 Å². The molecule has 0 aliphatic carbocycles. The molecule has 14 heavy (non-hydrogen) atoms.